The summed E-state index contributed by atoms with van der Waals surface area (Å²) in [7, 11) is 0. The fraction of sp³-hybridized carbons (Fsp3) is 0.778. The second-order valence-electron chi connectivity index (χ2n) is 3.73. The lowest BCUT2D eigenvalue weighted by Crippen LogP contribution is -2.35. The van der Waals surface area contributed by atoms with Crippen LogP contribution >= 0.6 is 0 Å². The molecule has 2 rings (SSSR count). The van der Waals surface area contributed by atoms with Crippen LogP contribution in [0.3, 0.4) is 0 Å². The van der Waals surface area contributed by atoms with E-state index in [1.54, 1.807) is 0 Å². The van der Waals surface area contributed by atoms with Crippen molar-refractivity contribution in [3.63, 3.8) is 0 Å². The molecule has 1 N–H and O–H groups in total. The van der Waals surface area contributed by atoms with Crippen LogP contribution in [-0.4, -0.2) is 29.9 Å². The highest BCUT2D eigenvalue weighted by molar-refractivity contribution is 4.97. The standard InChI is InChI=1S/C9H15N3O2/c1-6(2)9-11-8(12-14-9)7-5-13-4-3-10-7/h6-7,10H,3-5H2,1-2H3/t7-/m1/s1. The molecule has 5 heteroatoms. The zero-order valence-electron chi connectivity index (χ0n) is 8.49. The Bertz CT molecular complexity index is 292. The number of nitrogens with zero attached hydrogens (tertiary/aromatic N) is 2. The molecule has 0 saturated carbocycles. The number of hydrogen-bond acceptors (Lipinski definition) is 5. The van der Waals surface area contributed by atoms with E-state index in [4.69, 9.17) is 9.26 Å². The van der Waals surface area contributed by atoms with Gasteiger partial charge in [-0.15, -0.1) is 0 Å². The Labute approximate surface area is 82.8 Å². The van der Waals surface area contributed by atoms with E-state index >= 15 is 0 Å². The molecule has 1 saturated heterocycles. The Kier molecular flexibility index (Phi) is 2.79. The highest BCUT2D eigenvalue weighted by Crippen LogP contribution is 2.16. The van der Waals surface area contributed by atoms with E-state index < -0.39 is 0 Å². The van der Waals surface area contributed by atoms with E-state index in [0.717, 1.165) is 13.2 Å². The Hall–Kier alpha value is -0.940. The fourth-order valence-corrected chi connectivity index (χ4v) is 1.35. The molecule has 2 heterocycles. The molecule has 1 aliphatic heterocycles. The number of rotatable bonds is 2. The van der Waals surface area contributed by atoms with Gasteiger partial charge in [0.05, 0.1) is 19.3 Å². The van der Waals surface area contributed by atoms with E-state index in [0.29, 0.717) is 18.3 Å². The molecule has 0 unspecified atom stereocenters. The van der Waals surface area contributed by atoms with Gasteiger partial charge in [0.25, 0.3) is 0 Å². The Morgan fingerprint density at radius 2 is 2.36 bits per heavy atom. The molecule has 0 spiro atoms. The van der Waals surface area contributed by atoms with Crippen molar-refractivity contribution in [2.24, 2.45) is 0 Å². The monoisotopic (exact) mass is 197 g/mol. The van der Waals surface area contributed by atoms with Crippen LogP contribution in [0.2, 0.25) is 0 Å². The highest BCUT2D eigenvalue weighted by atomic mass is 16.5. The van der Waals surface area contributed by atoms with E-state index in [1.165, 1.54) is 0 Å². The summed E-state index contributed by atoms with van der Waals surface area (Å²) in [5.41, 5.74) is 0. The number of ether oxygens (including phenoxy) is 1. The largest absolute Gasteiger partial charge is 0.378 e. The average molecular weight is 197 g/mol. The summed E-state index contributed by atoms with van der Waals surface area (Å²) in [5.74, 6) is 1.67. The molecule has 0 bridgehead atoms. The summed E-state index contributed by atoms with van der Waals surface area (Å²) in [6.45, 7) is 6.28. The number of nitrogens with one attached hydrogen (secondary N) is 1. The minimum Gasteiger partial charge on any atom is -0.378 e. The third kappa shape index (κ3) is 1.93. The molecular weight excluding hydrogens is 182 g/mol. The van der Waals surface area contributed by atoms with Gasteiger partial charge in [-0.1, -0.05) is 19.0 Å². The van der Waals surface area contributed by atoms with E-state index in [2.05, 4.69) is 15.5 Å². The van der Waals surface area contributed by atoms with Gasteiger partial charge >= 0.3 is 0 Å². The molecule has 5 nitrogen and oxygen atoms in total. The molecule has 0 radical (unpaired) electrons. The molecule has 0 aliphatic carbocycles. The molecule has 1 fully saturated rings. The van der Waals surface area contributed by atoms with Gasteiger partial charge in [0.2, 0.25) is 5.89 Å². The highest BCUT2D eigenvalue weighted by Gasteiger charge is 2.21. The van der Waals surface area contributed by atoms with Crippen LogP contribution in [0.5, 0.6) is 0 Å². The van der Waals surface area contributed by atoms with Crippen molar-refractivity contribution in [3.8, 4) is 0 Å². The van der Waals surface area contributed by atoms with E-state index in [9.17, 15) is 0 Å². The first-order valence-corrected chi connectivity index (χ1v) is 4.92. The quantitative estimate of drug-likeness (QED) is 0.761. The molecule has 1 aliphatic rings. The van der Waals surface area contributed by atoms with Crippen molar-refractivity contribution in [2.75, 3.05) is 19.8 Å². The Morgan fingerprint density at radius 3 is 2.93 bits per heavy atom. The summed E-state index contributed by atoms with van der Waals surface area (Å²) in [6, 6.07) is 0.0833. The van der Waals surface area contributed by atoms with Crippen molar-refractivity contribution in [2.45, 2.75) is 25.8 Å². The topological polar surface area (TPSA) is 60.2 Å². The maximum Gasteiger partial charge on any atom is 0.229 e. The lowest BCUT2D eigenvalue weighted by atomic mass is 10.2. The van der Waals surface area contributed by atoms with Gasteiger partial charge < -0.3 is 14.6 Å². The predicted octanol–water partition coefficient (Wildman–Crippen LogP) is 0.854. The molecular formula is C9H15N3O2. The fourth-order valence-electron chi connectivity index (χ4n) is 1.35. The zero-order chi connectivity index (χ0) is 9.97. The second kappa shape index (κ2) is 4.06. The van der Waals surface area contributed by atoms with Crippen LogP contribution in [0.15, 0.2) is 4.52 Å². The summed E-state index contributed by atoms with van der Waals surface area (Å²) >= 11 is 0. The predicted molar refractivity (Wildman–Crippen MR) is 49.9 cm³/mol. The minimum atomic E-state index is 0.0833. The summed E-state index contributed by atoms with van der Waals surface area (Å²) in [5, 5.41) is 7.21. The molecule has 0 amide bonds. The Morgan fingerprint density at radius 1 is 1.50 bits per heavy atom. The summed E-state index contributed by atoms with van der Waals surface area (Å²) in [4.78, 5) is 4.31. The third-order valence-electron chi connectivity index (χ3n) is 2.18. The van der Waals surface area contributed by atoms with Crippen LogP contribution in [0.1, 0.15) is 37.5 Å². The molecule has 1 aromatic heterocycles. The normalized spacial score (nSPS) is 22.9. The maximum absolute atomic E-state index is 5.32. The molecule has 14 heavy (non-hydrogen) atoms. The van der Waals surface area contributed by atoms with Gasteiger partial charge in [-0.3, -0.25) is 0 Å². The van der Waals surface area contributed by atoms with Gasteiger partial charge in [0, 0.05) is 12.5 Å². The third-order valence-corrected chi connectivity index (χ3v) is 2.18. The number of aromatic nitrogens is 2. The lowest BCUT2D eigenvalue weighted by molar-refractivity contribution is 0.0734. The minimum absolute atomic E-state index is 0.0833. The van der Waals surface area contributed by atoms with Gasteiger partial charge in [0.1, 0.15) is 0 Å². The van der Waals surface area contributed by atoms with Gasteiger partial charge in [-0.25, -0.2) is 0 Å². The Balaban J connectivity index is 2.07. The van der Waals surface area contributed by atoms with Crippen molar-refractivity contribution >= 4 is 0 Å². The first-order valence-electron chi connectivity index (χ1n) is 4.92. The smallest absolute Gasteiger partial charge is 0.229 e. The van der Waals surface area contributed by atoms with Crippen molar-refractivity contribution < 1.29 is 9.26 Å². The lowest BCUT2D eigenvalue weighted by Gasteiger charge is -2.20. The number of hydrogen-bond donors (Lipinski definition) is 1. The van der Waals surface area contributed by atoms with Crippen molar-refractivity contribution in [1.29, 1.82) is 0 Å². The summed E-state index contributed by atoms with van der Waals surface area (Å²) < 4.78 is 10.4. The van der Waals surface area contributed by atoms with Crippen LogP contribution in [-0.2, 0) is 4.74 Å². The summed E-state index contributed by atoms with van der Waals surface area (Å²) in [6.07, 6.45) is 0. The zero-order valence-corrected chi connectivity index (χ0v) is 8.49. The van der Waals surface area contributed by atoms with Crippen LogP contribution in [0.25, 0.3) is 0 Å². The van der Waals surface area contributed by atoms with Gasteiger partial charge in [-0.2, -0.15) is 4.98 Å². The van der Waals surface area contributed by atoms with Gasteiger partial charge in [-0.05, 0) is 0 Å². The molecule has 78 valence electrons. The van der Waals surface area contributed by atoms with E-state index in [1.807, 2.05) is 13.8 Å². The SMILES string of the molecule is CC(C)c1nc([C@H]2COCCN2)no1. The van der Waals surface area contributed by atoms with Gasteiger partial charge in [0.15, 0.2) is 5.82 Å². The van der Waals surface area contributed by atoms with E-state index in [-0.39, 0.29) is 12.0 Å². The number of morpholine rings is 1. The average Bonchev–Trinajstić information content (AvgIpc) is 2.68. The first-order chi connectivity index (χ1) is 6.77. The first kappa shape index (κ1) is 9.61. The second-order valence-corrected chi connectivity index (χ2v) is 3.73. The molecule has 0 aromatic carbocycles. The van der Waals surface area contributed by atoms with Crippen LogP contribution in [0, 0.1) is 0 Å². The van der Waals surface area contributed by atoms with Crippen LogP contribution in [0.4, 0.5) is 0 Å². The van der Waals surface area contributed by atoms with Crippen molar-refractivity contribution in [1.82, 2.24) is 15.5 Å². The van der Waals surface area contributed by atoms with Crippen molar-refractivity contribution in [3.05, 3.63) is 11.7 Å². The van der Waals surface area contributed by atoms with Crippen LogP contribution < -0.4 is 5.32 Å². The maximum atomic E-state index is 5.32. The molecule has 1 aromatic rings. The molecule has 1 atom stereocenters.